The summed E-state index contributed by atoms with van der Waals surface area (Å²) in [6, 6.07) is 6.79. The number of likely N-dealkylation sites (N-methyl/N-ethyl adjacent to an activating group) is 1. The lowest BCUT2D eigenvalue weighted by atomic mass is 10.0. The third-order valence-electron chi connectivity index (χ3n) is 3.10. The van der Waals surface area contributed by atoms with Crippen LogP contribution >= 0.6 is 11.6 Å². The van der Waals surface area contributed by atoms with Gasteiger partial charge in [-0.05, 0) is 36.6 Å². The lowest BCUT2D eigenvalue weighted by molar-refractivity contribution is -0.132. The van der Waals surface area contributed by atoms with E-state index in [0.717, 1.165) is 12.2 Å². The lowest BCUT2D eigenvalue weighted by Gasteiger charge is -2.23. The van der Waals surface area contributed by atoms with Crippen molar-refractivity contribution < 1.29 is 9.53 Å². The SMILES string of the molecule is CC(C)[C@H](N)C(=O)N(C)CCCOc1ccc(Cl)cc1. The third-order valence-corrected chi connectivity index (χ3v) is 3.35. The van der Waals surface area contributed by atoms with Gasteiger partial charge in [-0.2, -0.15) is 0 Å². The van der Waals surface area contributed by atoms with Gasteiger partial charge in [-0.15, -0.1) is 0 Å². The van der Waals surface area contributed by atoms with Crippen molar-refractivity contribution in [2.75, 3.05) is 20.2 Å². The molecule has 0 spiro atoms. The van der Waals surface area contributed by atoms with E-state index in [-0.39, 0.29) is 11.8 Å². The first kappa shape index (κ1) is 16.8. The molecule has 1 aromatic rings. The van der Waals surface area contributed by atoms with E-state index >= 15 is 0 Å². The summed E-state index contributed by atoms with van der Waals surface area (Å²) >= 11 is 5.79. The van der Waals surface area contributed by atoms with Crippen LogP contribution in [0.1, 0.15) is 20.3 Å². The van der Waals surface area contributed by atoms with Gasteiger partial charge in [0.05, 0.1) is 12.6 Å². The molecule has 1 rings (SSSR count). The van der Waals surface area contributed by atoms with Crippen molar-refractivity contribution in [3.05, 3.63) is 29.3 Å². The Balaban J connectivity index is 2.27. The van der Waals surface area contributed by atoms with Crippen LogP contribution < -0.4 is 10.5 Å². The van der Waals surface area contributed by atoms with Crippen LogP contribution in [0.5, 0.6) is 5.75 Å². The average molecular weight is 299 g/mol. The predicted molar refractivity (Wildman–Crippen MR) is 82.0 cm³/mol. The Labute approximate surface area is 125 Å². The highest BCUT2D eigenvalue weighted by atomic mass is 35.5. The first-order valence-electron chi connectivity index (χ1n) is 6.80. The Morgan fingerprint density at radius 3 is 2.50 bits per heavy atom. The highest BCUT2D eigenvalue weighted by molar-refractivity contribution is 6.30. The Morgan fingerprint density at radius 1 is 1.35 bits per heavy atom. The quantitative estimate of drug-likeness (QED) is 0.787. The highest BCUT2D eigenvalue weighted by Gasteiger charge is 2.20. The van der Waals surface area contributed by atoms with Crippen molar-refractivity contribution in [3.8, 4) is 5.75 Å². The van der Waals surface area contributed by atoms with Gasteiger partial charge in [0.1, 0.15) is 5.75 Å². The summed E-state index contributed by atoms with van der Waals surface area (Å²) in [5.41, 5.74) is 5.84. The summed E-state index contributed by atoms with van der Waals surface area (Å²) in [4.78, 5) is 13.6. The number of carbonyl (C=O) groups excluding carboxylic acids is 1. The number of nitrogens with two attached hydrogens (primary N) is 1. The van der Waals surface area contributed by atoms with Crippen molar-refractivity contribution in [2.24, 2.45) is 11.7 Å². The van der Waals surface area contributed by atoms with E-state index in [2.05, 4.69) is 0 Å². The van der Waals surface area contributed by atoms with E-state index in [1.54, 1.807) is 24.1 Å². The molecule has 0 saturated heterocycles. The monoisotopic (exact) mass is 298 g/mol. The van der Waals surface area contributed by atoms with Crippen molar-refractivity contribution in [1.82, 2.24) is 4.90 Å². The molecule has 1 aromatic carbocycles. The van der Waals surface area contributed by atoms with Crippen molar-refractivity contribution >= 4 is 17.5 Å². The smallest absolute Gasteiger partial charge is 0.239 e. The number of hydrogen-bond donors (Lipinski definition) is 1. The number of hydrogen-bond acceptors (Lipinski definition) is 3. The Bertz CT molecular complexity index is 420. The number of nitrogens with zero attached hydrogens (tertiary/aromatic N) is 1. The van der Waals surface area contributed by atoms with Gasteiger partial charge < -0.3 is 15.4 Å². The van der Waals surface area contributed by atoms with Crippen LogP contribution in [0.3, 0.4) is 0 Å². The van der Waals surface area contributed by atoms with Gasteiger partial charge in [-0.1, -0.05) is 25.4 Å². The van der Waals surface area contributed by atoms with Crippen molar-refractivity contribution in [2.45, 2.75) is 26.3 Å². The third kappa shape index (κ3) is 5.39. The molecule has 20 heavy (non-hydrogen) atoms. The van der Waals surface area contributed by atoms with Crippen LogP contribution in [0.25, 0.3) is 0 Å². The van der Waals surface area contributed by atoms with Crippen molar-refractivity contribution in [1.29, 1.82) is 0 Å². The van der Waals surface area contributed by atoms with Crippen LogP contribution in [-0.2, 0) is 4.79 Å². The summed E-state index contributed by atoms with van der Waals surface area (Å²) in [6.45, 7) is 5.07. The van der Waals surface area contributed by atoms with E-state index in [9.17, 15) is 4.79 Å². The minimum atomic E-state index is -0.433. The number of halogens is 1. The topological polar surface area (TPSA) is 55.6 Å². The van der Waals surface area contributed by atoms with E-state index in [0.29, 0.717) is 18.2 Å². The summed E-state index contributed by atoms with van der Waals surface area (Å²) in [6.07, 6.45) is 0.760. The second kappa shape index (κ2) is 8.12. The molecule has 0 saturated carbocycles. The molecule has 0 fully saturated rings. The second-order valence-electron chi connectivity index (χ2n) is 5.19. The first-order valence-corrected chi connectivity index (χ1v) is 7.18. The van der Waals surface area contributed by atoms with E-state index < -0.39 is 6.04 Å². The Morgan fingerprint density at radius 2 is 1.95 bits per heavy atom. The maximum absolute atomic E-state index is 11.9. The minimum absolute atomic E-state index is 0.0218. The molecular weight excluding hydrogens is 276 g/mol. The Hall–Kier alpha value is -1.26. The summed E-state index contributed by atoms with van der Waals surface area (Å²) in [7, 11) is 1.77. The number of amides is 1. The maximum atomic E-state index is 11.9. The zero-order valence-electron chi connectivity index (χ0n) is 12.3. The zero-order chi connectivity index (χ0) is 15.1. The number of benzene rings is 1. The molecule has 0 bridgehead atoms. The number of rotatable bonds is 7. The van der Waals surface area contributed by atoms with Gasteiger partial charge in [0, 0.05) is 18.6 Å². The molecular formula is C15H23ClN2O2. The molecule has 0 radical (unpaired) electrons. The number of ether oxygens (including phenoxy) is 1. The largest absolute Gasteiger partial charge is 0.494 e. The molecule has 1 atom stereocenters. The molecule has 0 aliphatic carbocycles. The fourth-order valence-electron chi connectivity index (χ4n) is 1.67. The fourth-order valence-corrected chi connectivity index (χ4v) is 1.80. The standard InChI is InChI=1S/C15H23ClN2O2/c1-11(2)14(17)15(19)18(3)9-4-10-20-13-7-5-12(16)6-8-13/h5-8,11,14H,4,9-10,17H2,1-3H3/t14-/m0/s1. The molecule has 2 N–H and O–H groups in total. The first-order chi connectivity index (χ1) is 9.41. The van der Waals surface area contributed by atoms with Crippen LogP contribution in [0.2, 0.25) is 5.02 Å². The van der Waals surface area contributed by atoms with Crippen molar-refractivity contribution in [3.63, 3.8) is 0 Å². The fraction of sp³-hybridized carbons (Fsp3) is 0.533. The van der Waals surface area contributed by atoms with E-state index in [1.807, 2.05) is 26.0 Å². The van der Waals surface area contributed by atoms with Crippen LogP contribution in [-0.4, -0.2) is 37.0 Å². The van der Waals surface area contributed by atoms with E-state index in [4.69, 9.17) is 22.1 Å². The van der Waals surface area contributed by atoms with Gasteiger partial charge in [-0.25, -0.2) is 0 Å². The molecule has 0 unspecified atom stereocenters. The molecule has 112 valence electrons. The minimum Gasteiger partial charge on any atom is -0.494 e. The Kier molecular flexibility index (Phi) is 6.82. The summed E-state index contributed by atoms with van der Waals surface area (Å²) in [5.74, 6) is 0.907. The van der Waals surface area contributed by atoms with Gasteiger partial charge in [0.15, 0.2) is 0 Å². The molecule has 1 amide bonds. The summed E-state index contributed by atoms with van der Waals surface area (Å²) < 4.78 is 5.57. The number of carbonyl (C=O) groups is 1. The summed E-state index contributed by atoms with van der Waals surface area (Å²) in [5, 5.41) is 0.686. The highest BCUT2D eigenvalue weighted by Crippen LogP contribution is 2.15. The maximum Gasteiger partial charge on any atom is 0.239 e. The van der Waals surface area contributed by atoms with Crippen LogP contribution in [0, 0.1) is 5.92 Å². The van der Waals surface area contributed by atoms with Crippen LogP contribution in [0.4, 0.5) is 0 Å². The predicted octanol–water partition coefficient (Wildman–Crippen LogP) is 2.55. The lowest BCUT2D eigenvalue weighted by Crippen LogP contribution is -2.45. The second-order valence-corrected chi connectivity index (χ2v) is 5.62. The van der Waals surface area contributed by atoms with Gasteiger partial charge in [0.25, 0.3) is 0 Å². The van der Waals surface area contributed by atoms with Crippen LogP contribution in [0.15, 0.2) is 24.3 Å². The molecule has 5 heteroatoms. The van der Waals surface area contributed by atoms with E-state index in [1.165, 1.54) is 0 Å². The molecule has 0 aliphatic rings. The molecule has 0 aromatic heterocycles. The molecule has 0 aliphatic heterocycles. The molecule has 0 heterocycles. The van der Waals surface area contributed by atoms with Gasteiger partial charge in [0.2, 0.25) is 5.91 Å². The molecule has 4 nitrogen and oxygen atoms in total. The van der Waals surface area contributed by atoms with Gasteiger partial charge in [-0.3, -0.25) is 4.79 Å². The zero-order valence-corrected chi connectivity index (χ0v) is 13.1. The normalized spacial score (nSPS) is 12.3. The average Bonchev–Trinajstić information content (AvgIpc) is 2.43. The van der Waals surface area contributed by atoms with Gasteiger partial charge >= 0.3 is 0 Å².